The van der Waals surface area contributed by atoms with Crippen molar-refractivity contribution in [2.24, 2.45) is 0 Å². The third-order valence-corrected chi connectivity index (χ3v) is 3.47. The first kappa shape index (κ1) is 7.03. The zero-order valence-corrected chi connectivity index (χ0v) is 7.32. The van der Waals surface area contributed by atoms with E-state index in [-0.39, 0.29) is 0 Å². The van der Waals surface area contributed by atoms with Crippen molar-refractivity contribution in [3.8, 4) is 0 Å². The minimum atomic E-state index is 0.301. The van der Waals surface area contributed by atoms with Gasteiger partial charge in [-0.05, 0) is 12.8 Å². The molecule has 1 fully saturated rings. The van der Waals surface area contributed by atoms with Gasteiger partial charge in [-0.25, -0.2) is 0 Å². The Hall–Kier alpha value is -0.640. The molecule has 1 aromatic heterocycles. The summed E-state index contributed by atoms with van der Waals surface area (Å²) in [6.07, 6.45) is 3.79. The van der Waals surface area contributed by atoms with Crippen molar-refractivity contribution in [1.82, 2.24) is 10.2 Å². The summed E-state index contributed by atoms with van der Waals surface area (Å²) in [5.41, 5.74) is 5.80. The van der Waals surface area contributed by atoms with Gasteiger partial charge in [0.1, 0.15) is 5.01 Å². The Bertz CT molecular complexity index is 264. The van der Waals surface area contributed by atoms with E-state index in [0.29, 0.717) is 10.5 Å². The van der Waals surface area contributed by atoms with Crippen LogP contribution < -0.4 is 5.73 Å². The van der Waals surface area contributed by atoms with E-state index in [2.05, 4.69) is 17.1 Å². The molecule has 3 nitrogen and oxygen atoms in total. The number of nitrogens with zero attached hydrogens (tertiary/aromatic N) is 2. The van der Waals surface area contributed by atoms with Crippen LogP contribution in [-0.4, -0.2) is 10.2 Å². The van der Waals surface area contributed by atoms with Crippen LogP contribution in [0.2, 0.25) is 0 Å². The second-order valence-corrected chi connectivity index (χ2v) is 4.37. The Labute approximate surface area is 69.6 Å². The molecule has 0 radical (unpaired) electrons. The highest BCUT2D eigenvalue weighted by Gasteiger charge is 2.36. The van der Waals surface area contributed by atoms with Gasteiger partial charge in [0.2, 0.25) is 5.13 Å². The largest absolute Gasteiger partial charge is 0.374 e. The molecule has 1 aromatic rings. The average molecular weight is 169 g/mol. The van der Waals surface area contributed by atoms with Gasteiger partial charge in [-0.1, -0.05) is 24.7 Å². The normalized spacial score (nSPS) is 21.2. The highest BCUT2D eigenvalue weighted by Crippen LogP contribution is 2.44. The van der Waals surface area contributed by atoms with Crippen LogP contribution in [-0.2, 0) is 5.41 Å². The van der Waals surface area contributed by atoms with E-state index in [4.69, 9.17) is 5.73 Å². The first-order chi connectivity index (χ1) is 5.21. The number of hydrogen-bond donors (Lipinski definition) is 1. The molecule has 1 aliphatic carbocycles. The number of aromatic nitrogens is 2. The number of anilines is 1. The van der Waals surface area contributed by atoms with Gasteiger partial charge in [0.15, 0.2) is 0 Å². The molecular weight excluding hydrogens is 158 g/mol. The third-order valence-electron chi connectivity index (χ3n) is 2.41. The van der Waals surface area contributed by atoms with E-state index in [1.54, 1.807) is 0 Å². The summed E-state index contributed by atoms with van der Waals surface area (Å²) in [4.78, 5) is 0. The molecule has 0 spiro atoms. The van der Waals surface area contributed by atoms with Gasteiger partial charge in [0.05, 0.1) is 0 Å². The lowest BCUT2D eigenvalue weighted by Gasteiger charge is -2.35. The fourth-order valence-corrected chi connectivity index (χ4v) is 2.21. The maximum atomic E-state index is 5.50. The summed E-state index contributed by atoms with van der Waals surface area (Å²) in [5.74, 6) is 0. The van der Waals surface area contributed by atoms with Gasteiger partial charge < -0.3 is 5.73 Å². The molecule has 2 rings (SSSR count). The van der Waals surface area contributed by atoms with Crippen LogP contribution in [0.1, 0.15) is 31.2 Å². The monoisotopic (exact) mass is 169 g/mol. The highest BCUT2D eigenvalue weighted by molar-refractivity contribution is 7.15. The summed E-state index contributed by atoms with van der Waals surface area (Å²) in [6, 6.07) is 0. The first-order valence-electron chi connectivity index (χ1n) is 3.80. The van der Waals surface area contributed by atoms with Crippen LogP contribution in [0.25, 0.3) is 0 Å². The third kappa shape index (κ3) is 1.01. The van der Waals surface area contributed by atoms with Crippen LogP contribution >= 0.6 is 11.3 Å². The summed E-state index contributed by atoms with van der Waals surface area (Å²) < 4.78 is 0. The van der Waals surface area contributed by atoms with Gasteiger partial charge in [-0.15, -0.1) is 10.2 Å². The minimum absolute atomic E-state index is 0.301. The van der Waals surface area contributed by atoms with Crippen molar-refractivity contribution >= 4 is 16.5 Å². The second-order valence-electron chi connectivity index (χ2n) is 3.36. The summed E-state index contributed by atoms with van der Waals surface area (Å²) >= 11 is 1.53. The lowest BCUT2D eigenvalue weighted by molar-refractivity contribution is 0.269. The molecule has 0 atom stereocenters. The van der Waals surface area contributed by atoms with Crippen LogP contribution in [0.5, 0.6) is 0 Å². The number of nitrogen functional groups attached to an aromatic ring is 1. The Morgan fingerprint density at radius 1 is 1.45 bits per heavy atom. The molecule has 60 valence electrons. The van der Waals surface area contributed by atoms with Crippen molar-refractivity contribution in [2.45, 2.75) is 31.6 Å². The Morgan fingerprint density at radius 2 is 2.18 bits per heavy atom. The Balaban J connectivity index is 2.28. The molecule has 0 saturated heterocycles. The molecule has 2 N–H and O–H groups in total. The quantitative estimate of drug-likeness (QED) is 0.694. The maximum Gasteiger partial charge on any atom is 0.203 e. The van der Waals surface area contributed by atoms with E-state index >= 15 is 0 Å². The molecule has 11 heavy (non-hydrogen) atoms. The van der Waals surface area contributed by atoms with Crippen LogP contribution in [0, 0.1) is 0 Å². The molecule has 1 heterocycles. The van der Waals surface area contributed by atoms with E-state index in [1.807, 2.05) is 0 Å². The van der Waals surface area contributed by atoms with Crippen molar-refractivity contribution < 1.29 is 0 Å². The average Bonchev–Trinajstić information content (AvgIpc) is 2.31. The maximum absolute atomic E-state index is 5.50. The zero-order chi connectivity index (χ0) is 7.90. The lowest BCUT2D eigenvalue weighted by atomic mass is 9.71. The first-order valence-corrected chi connectivity index (χ1v) is 4.62. The van der Waals surface area contributed by atoms with Gasteiger partial charge in [-0.2, -0.15) is 0 Å². The second kappa shape index (κ2) is 2.17. The molecular formula is C7H11N3S. The predicted octanol–water partition coefficient (Wildman–Crippen LogP) is 1.56. The SMILES string of the molecule is CC1(c2nnc(N)s2)CCC1. The molecule has 0 aromatic carbocycles. The summed E-state index contributed by atoms with van der Waals surface area (Å²) in [5, 5.41) is 9.57. The summed E-state index contributed by atoms with van der Waals surface area (Å²) in [7, 11) is 0. The molecule has 0 bridgehead atoms. The standard InChI is InChI=1S/C7H11N3S/c1-7(3-2-4-7)5-9-10-6(8)11-5/h2-4H2,1H3,(H2,8,10). The summed E-state index contributed by atoms with van der Waals surface area (Å²) in [6.45, 7) is 2.23. The van der Waals surface area contributed by atoms with E-state index in [0.717, 1.165) is 5.01 Å². The van der Waals surface area contributed by atoms with Crippen LogP contribution in [0.3, 0.4) is 0 Å². The predicted molar refractivity (Wildman–Crippen MR) is 45.5 cm³/mol. The lowest BCUT2D eigenvalue weighted by Crippen LogP contribution is -2.30. The topological polar surface area (TPSA) is 51.8 Å². The Kier molecular flexibility index (Phi) is 1.39. The molecule has 1 aliphatic rings. The van der Waals surface area contributed by atoms with Crippen LogP contribution in [0.15, 0.2) is 0 Å². The van der Waals surface area contributed by atoms with Gasteiger partial charge in [0.25, 0.3) is 0 Å². The van der Waals surface area contributed by atoms with Crippen molar-refractivity contribution in [3.05, 3.63) is 5.01 Å². The van der Waals surface area contributed by atoms with Gasteiger partial charge >= 0.3 is 0 Å². The van der Waals surface area contributed by atoms with Gasteiger partial charge in [0, 0.05) is 5.41 Å². The van der Waals surface area contributed by atoms with Crippen molar-refractivity contribution in [1.29, 1.82) is 0 Å². The minimum Gasteiger partial charge on any atom is -0.374 e. The highest BCUT2D eigenvalue weighted by atomic mass is 32.1. The molecule has 0 aliphatic heterocycles. The Morgan fingerprint density at radius 3 is 2.55 bits per heavy atom. The fraction of sp³-hybridized carbons (Fsp3) is 0.714. The molecule has 0 unspecified atom stereocenters. The van der Waals surface area contributed by atoms with E-state index < -0.39 is 0 Å². The van der Waals surface area contributed by atoms with E-state index in [9.17, 15) is 0 Å². The smallest absolute Gasteiger partial charge is 0.203 e. The van der Waals surface area contributed by atoms with Crippen molar-refractivity contribution in [2.75, 3.05) is 5.73 Å². The van der Waals surface area contributed by atoms with Crippen molar-refractivity contribution in [3.63, 3.8) is 0 Å². The zero-order valence-electron chi connectivity index (χ0n) is 6.50. The molecule has 0 amide bonds. The number of hydrogen-bond acceptors (Lipinski definition) is 4. The van der Waals surface area contributed by atoms with Gasteiger partial charge in [-0.3, -0.25) is 0 Å². The van der Waals surface area contributed by atoms with Crippen LogP contribution in [0.4, 0.5) is 5.13 Å². The number of nitrogens with two attached hydrogens (primary N) is 1. The fourth-order valence-electron chi connectivity index (χ4n) is 1.40. The van der Waals surface area contributed by atoms with E-state index in [1.165, 1.54) is 30.6 Å². The molecule has 4 heteroatoms. The number of rotatable bonds is 1. The molecule has 1 saturated carbocycles.